The quantitative estimate of drug-likeness (QED) is 0.437. The second-order valence-corrected chi connectivity index (χ2v) is 6.96. The smallest absolute Gasteiger partial charge is 0.319 e. The molecule has 0 spiro atoms. The van der Waals surface area contributed by atoms with Gasteiger partial charge in [-0.05, 0) is 28.8 Å². The van der Waals surface area contributed by atoms with Crippen LogP contribution in [0.25, 0.3) is 0 Å². The Labute approximate surface area is 178 Å². The number of ether oxygens (including phenoxy) is 2. The van der Waals surface area contributed by atoms with E-state index in [4.69, 9.17) is 15.2 Å². The predicted octanol–water partition coefficient (Wildman–Crippen LogP) is 3.42. The van der Waals surface area contributed by atoms with Crippen molar-refractivity contribution in [1.29, 1.82) is 0 Å². The van der Waals surface area contributed by atoms with Crippen molar-refractivity contribution in [3.8, 4) is 5.75 Å². The lowest BCUT2D eigenvalue weighted by Crippen LogP contribution is -2.52. The van der Waals surface area contributed by atoms with Crippen molar-refractivity contribution in [1.82, 2.24) is 4.90 Å². The number of carbonyl (C=O) groups excluding carboxylic acids is 1. The van der Waals surface area contributed by atoms with Gasteiger partial charge in [-0.3, -0.25) is 9.69 Å². The van der Waals surface area contributed by atoms with Gasteiger partial charge in [-0.15, -0.1) is 0 Å². The molecule has 0 aromatic heterocycles. The molecule has 0 aliphatic heterocycles. The lowest BCUT2D eigenvalue weighted by atomic mass is 9.75. The predicted molar refractivity (Wildman–Crippen MR) is 118 cm³/mol. The molecule has 30 heavy (non-hydrogen) atoms. The molecule has 5 heteroatoms. The summed E-state index contributed by atoms with van der Waals surface area (Å²) >= 11 is 0. The second kappa shape index (κ2) is 10.1. The Balaban J connectivity index is 2.34. The molecule has 0 saturated carbocycles. The van der Waals surface area contributed by atoms with E-state index in [-0.39, 0.29) is 12.5 Å². The SMILES string of the molecule is COC(=O)CN(CCN)C(c1ccccc1)(c1ccccc1)c1ccc(OC)cc1. The van der Waals surface area contributed by atoms with Gasteiger partial charge >= 0.3 is 5.97 Å². The average molecular weight is 405 g/mol. The fourth-order valence-corrected chi connectivity index (χ4v) is 3.98. The normalized spacial score (nSPS) is 11.3. The minimum Gasteiger partial charge on any atom is -0.497 e. The molecule has 156 valence electrons. The van der Waals surface area contributed by atoms with Crippen LogP contribution in [0.3, 0.4) is 0 Å². The molecule has 0 atom stereocenters. The van der Waals surface area contributed by atoms with E-state index in [0.29, 0.717) is 13.1 Å². The number of nitrogens with zero attached hydrogens (tertiary/aromatic N) is 1. The Morgan fingerprint density at radius 3 is 1.77 bits per heavy atom. The molecule has 2 N–H and O–H groups in total. The van der Waals surface area contributed by atoms with Crippen LogP contribution in [-0.4, -0.2) is 44.7 Å². The minimum atomic E-state index is -0.734. The molecule has 0 aliphatic rings. The fraction of sp³-hybridized carbons (Fsp3) is 0.240. The highest BCUT2D eigenvalue weighted by atomic mass is 16.5. The van der Waals surface area contributed by atoms with Crippen molar-refractivity contribution < 1.29 is 14.3 Å². The van der Waals surface area contributed by atoms with E-state index in [0.717, 1.165) is 22.4 Å². The van der Waals surface area contributed by atoms with E-state index in [1.807, 2.05) is 60.7 Å². The highest BCUT2D eigenvalue weighted by molar-refractivity contribution is 5.72. The van der Waals surface area contributed by atoms with Crippen LogP contribution in [0.2, 0.25) is 0 Å². The van der Waals surface area contributed by atoms with Crippen LogP contribution in [0.15, 0.2) is 84.9 Å². The third kappa shape index (κ3) is 4.22. The van der Waals surface area contributed by atoms with Crippen molar-refractivity contribution >= 4 is 5.97 Å². The minimum absolute atomic E-state index is 0.101. The van der Waals surface area contributed by atoms with Crippen LogP contribution in [0.1, 0.15) is 16.7 Å². The molecule has 3 aromatic rings. The summed E-state index contributed by atoms with van der Waals surface area (Å²) in [6.45, 7) is 1.00. The van der Waals surface area contributed by atoms with Crippen LogP contribution in [0, 0.1) is 0 Å². The Morgan fingerprint density at radius 2 is 1.33 bits per heavy atom. The highest BCUT2D eigenvalue weighted by Crippen LogP contribution is 2.42. The third-order valence-electron chi connectivity index (χ3n) is 5.31. The summed E-state index contributed by atoms with van der Waals surface area (Å²) in [6, 6.07) is 28.3. The van der Waals surface area contributed by atoms with Crippen LogP contribution >= 0.6 is 0 Å². The van der Waals surface area contributed by atoms with Crippen molar-refractivity contribution in [3.63, 3.8) is 0 Å². The summed E-state index contributed by atoms with van der Waals surface area (Å²) in [5, 5.41) is 0. The number of hydrogen-bond acceptors (Lipinski definition) is 5. The molecular formula is C25H28N2O3. The van der Waals surface area contributed by atoms with E-state index < -0.39 is 5.54 Å². The highest BCUT2D eigenvalue weighted by Gasteiger charge is 2.42. The van der Waals surface area contributed by atoms with Crippen LogP contribution < -0.4 is 10.5 Å². The third-order valence-corrected chi connectivity index (χ3v) is 5.31. The van der Waals surface area contributed by atoms with Crippen molar-refractivity contribution in [2.75, 3.05) is 33.9 Å². The molecule has 0 saturated heterocycles. The molecule has 0 fully saturated rings. The summed E-state index contributed by atoms with van der Waals surface area (Å²) in [4.78, 5) is 14.5. The molecule has 0 heterocycles. The summed E-state index contributed by atoms with van der Waals surface area (Å²) in [5.74, 6) is 0.459. The molecule has 0 unspecified atom stereocenters. The lowest BCUT2D eigenvalue weighted by Gasteiger charge is -2.45. The van der Waals surface area contributed by atoms with Crippen LogP contribution in [0.4, 0.5) is 0 Å². The Bertz CT molecular complexity index is 888. The Morgan fingerprint density at radius 1 is 0.833 bits per heavy atom. The molecule has 0 amide bonds. The molecule has 3 aromatic carbocycles. The average Bonchev–Trinajstić information content (AvgIpc) is 2.81. The van der Waals surface area contributed by atoms with E-state index >= 15 is 0 Å². The molecular weight excluding hydrogens is 376 g/mol. The monoisotopic (exact) mass is 404 g/mol. The molecule has 3 rings (SSSR count). The van der Waals surface area contributed by atoms with Crippen LogP contribution in [0.5, 0.6) is 5.75 Å². The maximum atomic E-state index is 12.4. The number of hydrogen-bond donors (Lipinski definition) is 1. The Hall–Kier alpha value is -3.15. The number of nitrogens with two attached hydrogens (primary N) is 1. The fourth-order valence-electron chi connectivity index (χ4n) is 3.98. The van der Waals surface area contributed by atoms with E-state index in [1.165, 1.54) is 7.11 Å². The number of esters is 1. The van der Waals surface area contributed by atoms with Gasteiger partial charge in [-0.25, -0.2) is 0 Å². The number of methoxy groups -OCH3 is 2. The van der Waals surface area contributed by atoms with E-state index in [1.54, 1.807) is 7.11 Å². The van der Waals surface area contributed by atoms with Gasteiger partial charge in [0.2, 0.25) is 0 Å². The summed E-state index contributed by atoms with van der Waals surface area (Å²) in [5.41, 5.74) is 8.37. The van der Waals surface area contributed by atoms with Gasteiger partial charge in [0.05, 0.1) is 26.3 Å². The maximum absolute atomic E-state index is 12.4. The summed E-state index contributed by atoms with van der Waals surface area (Å²) in [6.07, 6.45) is 0. The topological polar surface area (TPSA) is 64.8 Å². The first kappa shape index (κ1) is 21.6. The van der Waals surface area contributed by atoms with E-state index in [2.05, 4.69) is 29.2 Å². The maximum Gasteiger partial charge on any atom is 0.319 e. The van der Waals surface area contributed by atoms with Gasteiger partial charge < -0.3 is 15.2 Å². The summed E-state index contributed by atoms with van der Waals surface area (Å²) < 4.78 is 10.4. The first-order chi connectivity index (χ1) is 14.7. The van der Waals surface area contributed by atoms with Gasteiger partial charge in [0.25, 0.3) is 0 Å². The standard InChI is InChI=1S/C25H28N2O3/c1-29-23-15-13-22(14-16-23)25(20-9-5-3-6-10-20,21-11-7-4-8-12-21)27(18-17-26)19-24(28)30-2/h3-16H,17-19,26H2,1-2H3. The number of benzene rings is 3. The zero-order valence-corrected chi connectivity index (χ0v) is 17.5. The van der Waals surface area contributed by atoms with Gasteiger partial charge in [0, 0.05) is 13.1 Å². The number of rotatable bonds is 9. The van der Waals surface area contributed by atoms with Crippen molar-refractivity contribution in [2.45, 2.75) is 5.54 Å². The van der Waals surface area contributed by atoms with Crippen molar-refractivity contribution in [3.05, 3.63) is 102 Å². The molecule has 5 nitrogen and oxygen atoms in total. The summed E-state index contributed by atoms with van der Waals surface area (Å²) in [7, 11) is 3.05. The lowest BCUT2D eigenvalue weighted by molar-refractivity contribution is -0.143. The van der Waals surface area contributed by atoms with Crippen molar-refractivity contribution in [2.24, 2.45) is 5.73 Å². The molecule has 0 aliphatic carbocycles. The van der Waals surface area contributed by atoms with E-state index in [9.17, 15) is 4.79 Å². The van der Waals surface area contributed by atoms with Gasteiger partial charge in [0.15, 0.2) is 0 Å². The number of carbonyl (C=O) groups is 1. The Kier molecular flexibility index (Phi) is 7.22. The van der Waals surface area contributed by atoms with Gasteiger partial charge in [0.1, 0.15) is 5.75 Å². The second-order valence-electron chi connectivity index (χ2n) is 6.96. The zero-order chi connectivity index (χ0) is 21.4. The molecule has 0 bridgehead atoms. The zero-order valence-electron chi connectivity index (χ0n) is 17.5. The first-order valence-corrected chi connectivity index (χ1v) is 9.94. The van der Waals surface area contributed by atoms with Crippen LogP contribution in [-0.2, 0) is 15.1 Å². The first-order valence-electron chi connectivity index (χ1n) is 9.94. The van der Waals surface area contributed by atoms with Gasteiger partial charge in [-0.2, -0.15) is 0 Å². The van der Waals surface area contributed by atoms with Gasteiger partial charge in [-0.1, -0.05) is 72.8 Å². The largest absolute Gasteiger partial charge is 0.497 e. The molecule has 0 radical (unpaired) electrons.